The third-order valence-electron chi connectivity index (χ3n) is 2.44. The normalized spacial score (nSPS) is 22.4. The van der Waals surface area contributed by atoms with Crippen molar-refractivity contribution in [2.45, 2.75) is 13.0 Å². The lowest BCUT2D eigenvalue weighted by atomic mass is 10.2. The van der Waals surface area contributed by atoms with Gasteiger partial charge in [0.1, 0.15) is 5.15 Å². The van der Waals surface area contributed by atoms with Crippen LogP contribution in [0.15, 0.2) is 18.3 Å². The summed E-state index contributed by atoms with van der Waals surface area (Å²) >= 11 is 5.85. The third kappa shape index (κ3) is 2.16. The fourth-order valence-corrected chi connectivity index (χ4v) is 1.92. The van der Waals surface area contributed by atoms with Crippen LogP contribution in [-0.4, -0.2) is 30.7 Å². The first kappa shape index (κ1) is 9.74. The lowest BCUT2D eigenvalue weighted by molar-refractivity contribution is 0.485. The van der Waals surface area contributed by atoms with Crippen molar-refractivity contribution in [2.24, 2.45) is 0 Å². The molecule has 0 aromatic carbocycles. The van der Waals surface area contributed by atoms with E-state index < -0.39 is 0 Å². The van der Waals surface area contributed by atoms with Crippen molar-refractivity contribution < 1.29 is 0 Å². The van der Waals surface area contributed by atoms with Gasteiger partial charge in [-0.2, -0.15) is 0 Å². The van der Waals surface area contributed by atoms with Crippen molar-refractivity contribution in [3.05, 3.63) is 23.5 Å². The molecule has 1 saturated heterocycles. The van der Waals surface area contributed by atoms with Gasteiger partial charge in [-0.1, -0.05) is 11.6 Å². The largest absolute Gasteiger partial charge is 0.369 e. The predicted octanol–water partition coefficient (Wildman–Crippen LogP) is 1.53. The van der Waals surface area contributed by atoms with Crippen molar-refractivity contribution in [1.82, 2.24) is 10.3 Å². The Morgan fingerprint density at radius 3 is 3.21 bits per heavy atom. The van der Waals surface area contributed by atoms with E-state index >= 15 is 0 Å². The van der Waals surface area contributed by atoms with Crippen LogP contribution in [0.5, 0.6) is 0 Å². The molecule has 4 heteroatoms. The molecule has 14 heavy (non-hydrogen) atoms. The van der Waals surface area contributed by atoms with E-state index in [1.807, 2.05) is 12.1 Å². The van der Waals surface area contributed by atoms with Crippen LogP contribution in [0.25, 0.3) is 0 Å². The van der Waals surface area contributed by atoms with Gasteiger partial charge >= 0.3 is 0 Å². The number of rotatable bonds is 1. The highest BCUT2D eigenvalue weighted by Crippen LogP contribution is 2.18. The number of aromatic nitrogens is 1. The molecule has 1 fully saturated rings. The predicted molar refractivity (Wildman–Crippen MR) is 58.9 cm³/mol. The Morgan fingerprint density at radius 1 is 1.64 bits per heavy atom. The number of pyridine rings is 1. The standard InChI is InChI=1S/C10H14ClN3/c1-8-7-14(5-4-12-8)9-2-3-13-10(11)6-9/h2-3,6,8,12H,4-5,7H2,1H3/t8-/m1/s1. The molecule has 0 saturated carbocycles. The van der Waals surface area contributed by atoms with Crippen LogP contribution in [0.4, 0.5) is 5.69 Å². The second kappa shape index (κ2) is 4.15. The Morgan fingerprint density at radius 2 is 2.50 bits per heavy atom. The van der Waals surface area contributed by atoms with Crippen molar-refractivity contribution >= 4 is 17.3 Å². The molecule has 76 valence electrons. The van der Waals surface area contributed by atoms with Crippen molar-refractivity contribution in [2.75, 3.05) is 24.5 Å². The Hall–Kier alpha value is -0.800. The summed E-state index contributed by atoms with van der Waals surface area (Å²) in [6.07, 6.45) is 1.75. The molecule has 2 heterocycles. The summed E-state index contributed by atoms with van der Waals surface area (Å²) in [6.45, 7) is 5.28. The lowest BCUT2D eigenvalue weighted by Crippen LogP contribution is -2.49. The van der Waals surface area contributed by atoms with E-state index in [4.69, 9.17) is 11.6 Å². The number of halogens is 1. The SMILES string of the molecule is C[C@@H]1CN(c2ccnc(Cl)c2)CCN1. The molecule has 0 radical (unpaired) electrons. The minimum atomic E-state index is 0.538. The molecule has 1 aromatic rings. The topological polar surface area (TPSA) is 28.2 Å². The molecular formula is C10H14ClN3. The second-order valence-electron chi connectivity index (χ2n) is 3.64. The molecule has 3 nitrogen and oxygen atoms in total. The Balaban J connectivity index is 2.14. The molecule has 1 aliphatic heterocycles. The molecule has 0 amide bonds. The van der Waals surface area contributed by atoms with E-state index in [-0.39, 0.29) is 0 Å². The van der Waals surface area contributed by atoms with Gasteiger partial charge in [-0.05, 0) is 19.1 Å². The molecule has 1 aliphatic rings. The van der Waals surface area contributed by atoms with Gasteiger partial charge in [0.15, 0.2) is 0 Å². The Kier molecular flexibility index (Phi) is 2.89. The number of anilines is 1. The molecule has 1 aromatic heterocycles. The van der Waals surface area contributed by atoms with Gasteiger partial charge in [-0.25, -0.2) is 4.98 Å². The smallest absolute Gasteiger partial charge is 0.131 e. The molecule has 0 spiro atoms. The Labute approximate surface area is 89.1 Å². The summed E-state index contributed by atoms with van der Waals surface area (Å²) in [5, 5.41) is 3.97. The summed E-state index contributed by atoms with van der Waals surface area (Å²) in [5.74, 6) is 0. The number of nitrogens with one attached hydrogen (secondary N) is 1. The molecule has 1 atom stereocenters. The minimum Gasteiger partial charge on any atom is -0.369 e. The van der Waals surface area contributed by atoms with Crippen LogP contribution in [0.2, 0.25) is 5.15 Å². The van der Waals surface area contributed by atoms with Gasteiger partial charge in [0.25, 0.3) is 0 Å². The van der Waals surface area contributed by atoms with Crippen LogP contribution < -0.4 is 10.2 Å². The highest BCUT2D eigenvalue weighted by molar-refractivity contribution is 6.29. The number of hydrogen-bond acceptors (Lipinski definition) is 3. The summed E-state index contributed by atoms with van der Waals surface area (Å²) in [4.78, 5) is 6.30. The van der Waals surface area contributed by atoms with Crippen molar-refractivity contribution in [3.8, 4) is 0 Å². The zero-order chi connectivity index (χ0) is 9.97. The van der Waals surface area contributed by atoms with Gasteiger partial charge in [0.05, 0.1) is 0 Å². The van der Waals surface area contributed by atoms with Gasteiger partial charge in [-0.3, -0.25) is 0 Å². The number of nitrogens with zero attached hydrogens (tertiary/aromatic N) is 2. The van der Waals surface area contributed by atoms with Crippen molar-refractivity contribution in [3.63, 3.8) is 0 Å². The van der Waals surface area contributed by atoms with Crippen LogP contribution in [-0.2, 0) is 0 Å². The van der Waals surface area contributed by atoms with Gasteiger partial charge in [0, 0.05) is 37.6 Å². The van der Waals surface area contributed by atoms with E-state index in [2.05, 4.69) is 22.1 Å². The van der Waals surface area contributed by atoms with Crippen LogP contribution >= 0.6 is 11.6 Å². The summed E-state index contributed by atoms with van der Waals surface area (Å²) in [7, 11) is 0. The average molecular weight is 212 g/mol. The van der Waals surface area contributed by atoms with Crippen LogP contribution in [0.3, 0.4) is 0 Å². The maximum atomic E-state index is 5.85. The summed E-state index contributed by atoms with van der Waals surface area (Å²) < 4.78 is 0. The molecule has 1 N–H and O–H groups in total. The number of piperazine rings is 1. The van der Waals surface area contributed by atoms with Gasteiger partial charge in [0.2, 0.25) is 0 Å². The fourth-order valence-electron chi connectivity index (χ4n) is 1.76. The highest BCUT2D eigenvalue weighted by atomic mass is 35.5. The minimum absolute atomic E-state index is 0.538. The molecular weight excluding hydrogens is 198 g/mol. The highest BCUT2D eigenvalue weighted by Gasteiger charge is 2.15. The fraction of sp³-hybridized carbons (Fsp3) is 0.500. The van der Waals surface area contributed by atoms with Crippen molar-refractivity contribution in [1.29, 1.82) is 0 Å². The third-order valence-corrected chi connectivity index (χ3v) is 2.65. The van der Waals surface area contributed by atoms with Crippen LogP contribution in [0, 0.1) is 0 Å². The first-order valence-corrected chi connectivity index (χ1v) is 5.23. The quantitative estimate of drug-likeness (QED) is 0.715. The monoisotopic (exact) mass is 211 g/mol. The van der Waals surface area contributed by atoms with E-state index in [9.17, 15) is 0 Å². The molecule has 0 unspecified atom stereocenters. The zero-order valence-electron chi connectivity index (χ0n) is 8.20. The summed E-state index contributed by atoms with van der Waals surface area (Å²) in [5.41, 5.74) is 1.17. The Bertz CT molecular complexity index is 316. The van der Waals surface area contributed by atoms with Gasteiger partial charge in [-0.15, -0.1) is 0 Å². The summed E-state index contributed by atoms with van der Waals surface area (Å²) in [6, 6.07) is 4.46. The maximum absolute atomic E-state index is 5.85. The van der Waals surface area contributed by atoms with E-state index in [0.29, 0.717) is 11.2 Å². The molecule has 0 aliphatic carbocycles. The van der Waals surface area contributed by atoms with E-state index in [1.165, 1.54) is 5.69 Å². The maximum Gasteiger partial charge on any atom is 0.131 e. The van der Waals surface area contributed by atoms with Gasteiger partial charge < -0.3 is 10.2 Å². The lowest BCUT2D eigenvalue weighted by Gasteiger charge is -2.33. The van der Waals surface area contributed by atoms with E-state index in [0.717, 1.165) is 19.6 Å². The molecule has 0 bridgehead atoms. The first-order chi connectivity index (χ1) is 6.75. The zero-order valence-corrected chi connectivity index (χ0v) is 8.96. The number of hydrogen-bond donors (Lipinski definition) is 1. The van der Waals surface area contributed by atoms with Crippen LogP contribution in [0.1, 0.15) is 6.92 Å². The average Bonchev–Trinajstić information content (AvgIpc) is 2.18. The first-order valence-electron chi connectivity index (χ1n) is 4.85. The second-order valence-corrected chi connectivity index (χ2v) is 4.03. The van der Waals surface area contributed by atoms with E-state index in [1.54, 1.807) is 6.20 Å². The molecule has 2 rings (SSSR count).